The third kappa shape index (κ3) is 4.57. The second kappa shape index (κ2) is 9.85. The molecule has 0 unspecified atom stereocenters. The molecule has 32 heavy (non-hydrogen) atoms. The van der Waals surface area contributed by atoms with E-state index < -0.39 is 0 Å². The Morgan fingerprint density at radius 3 is 2.75 bits per heavy atom. The van der Waals surface area contributed by atoms with Crippen LogP contribution in [-0.2, 0) is 11.3 Å². The summed E-state index contributed by atoms with van der Waals surface area (Å²) >= 11 is 5.82. The van der Waals surface area contributed by atoms with Crippen molar-refractivity contribution in [3.63, 3.8) is 0 Å². The highest BCUT2D eigenvalue weighted by atomic mass is 32.1. The number of furan rings is 1. The van der Waals surface area contributed by atoms with Crippen molar-refractivity contribution in [3.8, 4) is 0 Å². The lowest BCUT2D eigenvalue weighted by Crippen LogP contribution is -2.39. The van der Waals surface area contributed by atoms with Crippen molar-refractivity contribution in [3.05, 3.63) is 78.3 Å². The summed E-state index contributed by atoms with van der Waals surface area (Å²) < 4.78 is 13.3. The number of ether oxygens (including phenoxy) is 1. The van der Waals surface area contributed by atoms with Crippen LogP contribution in [0.25, 0.3) is 0 Å². The molecule has 0 bridgehead atoms. The van der Waals surface area contributed by atoms with Crippen LogP contribution >= 0.6 is 12.2 Å². The molecule has 0 saturated carbocycles. The Morgan fingerprint density at radius 1 is 1.06 bits per heavy atom. The highest BCUT2D eigenvalue weighted by Gasteiger charge is 2.40. The van der Waals surface area contributed by atoms with Gasteiger partial charge in [-0.25, -0.2) is 0 Å². The van der Waals surface area contributed by atoms with Gasteiger partial charge in [-0.1, -0.05) is 6.07 Å². The van der Waals surface area contributed by atoms with Crippen molar-refractivity contribution in [2.24, 2.45) is 0 Å². The standard InChI is InChI=1S/C24H29N5O2S/c32-24-26-22(20-7-1-2-9-25-20)23(29(24)12-5-10-27-13-16-30-17-14-27)21-8-3-11-28(21)18-19-6-4-15-31-19/h1-4,6-9,11,15,22-23H,5,10,12-14,16-18H2,(H,26,32)/t22-,23-/m0/s1. The Morgan fingerprint density at radius 2 is 1.97 bits per heavy atom. The predicted molar refractivity (Wildman–Crippen MR) is 126 cm³/mol. The van der Waals surface area contributed by atoms with E-state index in [1.165, 1.54) is 5.69 Å². The Balaban J connectivity index is 1.39. The summed E-state index contributed by atoms with van der Waals surface area (Å²) in [5.41, 5.74) is 2.21. The van der Waals surface area contributed by atoms with E-state index >= 15 is 0 Å². The second-order valence-electron chi connectivity index (χ2n) is 8.27. The molecule has 0 aliphatic carbocycles. The summed E-state index contributed by atoms with van der Waals surface area (Å²) in [4.78, 5) is 9.46. The molecule has 0 radical (unpaired) electrons. The van der Waals surface area contributed by atoms with Crippen LogP contribution in [0.4, 0.5) is 0 Å². The normalized spacial score (nSPS) is 21.8. The summed E-state index contributed by atoms with van der Waals surface area (Å²) in [6.45, 7) is 6.31. The Hall–Kier alpha value is -2.68. The number of nitrogens with one attached hydrogen (secondary N) is 1. The molecule has 168 valence electrons. The van der Waals surface area contributed by atoms with Gasteiger partial charge in [0.25, 0.3) is 0 Å². The first-order valence-corrected chi connectivity index (χ1v) is 11.7. The SMILES string of the molecule is S=C1N[C@@H](c2ccccn2)[C@H](c2cccn2Cc2ccco2)N1CCCN1CCOCC1. The average molecular weight is 452 g/mol. The fraction of sp³-hybridized carbons (Fsp3) is 0.417. The van der Waals surface area contributed by atoms with Gasteiger partial charge in [-0.15, -0.1) is 0 Å². The third-order valence-corrected chi connectivity index (χ3v) is 6.60. The van der Waals surface area contributed by atoms with Crippen molar-refractivity contribution in [2.75, 3.05) is 39.4 Å². The molecule has 3 aromatic heterocycles. The van der Waals surface area contributed by atoms with Crippen molar-refractivity contribution in [2.45, 2.75) is 25.0 Å². The molecule has 0 aromatic carbocycles. The minimum absolute atomic E-state index is 0.00247. The van der Waals surface area contributed by atoms with Gasteiger partial charge in [-0.3, -0.25) is 9.88 Å². The summed E-state index contributed by atoms with van der Waals surface area (Å²) in [5, 5.41) is 4.35. The van der Waals surface area contributed by atoms with Gasteiger partial charge in [0.15, 0.2) is 5.11 Å². The number of rotatable bonds is 8. The molecule has 8 heteroatoms. The van der Waals surface area contributed by atoms with Crippen LogP contribution in [0.2, 0.25) is 0 Å². The zero-order valence-corrected chi connectivity index (χ0v) is 18.9. The number of hydrogen-bond donors (Lipinski definition) is 1. The van der Waals surface area contributed by atoms with Gasteiger partial charge in [-0.05, 0) is 55.0 Å². The molecule has 0 amide bonds. The molecule has 1 N–H and O–H groups in total. The van der Waals surface area contributed by atoms with E-state index in [4.69, 9.17) is 21.4 Å². The smallest absolute Gasteiger partial charge is 0.170 e. The minimum atomic E-state index is -0.00247. The lowest BCUT2D eigenvalue weighted by molar-refractivity contribution is 0.0365. The van der Waals surface area contributed by atoms with E-state index in [2.05, 4.69) is 49.1 Å². The van der Waals surface area contributed by atoms with Crippen LogP contribution < -0.4 is 5.32 Å². The topological polar surface area (TPSA) is 58.7 Å². The summed E-state index contributed by atoms with van der Waals surface area (Å²) in [7, 11) is 0. The first-order valence-electron chi connectivity index (χ1n) is 11.3. The van der Waals surface area contributed by atoms with Gasteiger partial charge in [0.2, 0.25) is 0 Å². The molecule has 5 rings (SSSR count). The van der Waals surface area contributed by atoms with E-state index in [-0.39, 0.29) is 12.1 Å². The fourth-order valence-corrected chi connectivity index (χ4v) is 5.00. The van der Waals surface area contributed by atoms with Crippen LogP contribution in [-0.4, -0.2) is 63.9 Å². The Labute approximate surface area is 194 Å². The van der Waals surface area contributed by atoms with Crippen LogP contribution in [0.1, 0.15) is 35.7 Å². The average Bonchev–Trinajstić information content (AvgIpc) is 3.57. The molecule has 2 saturated heterocycles. The fourth-order valence-electron chi connectivity index (χ4n) is 4.67. The maximum Gasteiger partial charge on any atom is 0.170 e. The van der Waals surface area contributed by atoms with Gasteiger partial charge in [-0.2, -0.15) is 0 Å². The molecule has 2 atom stereocenters. The Kier molecular flexibility index (Phi) is 6.52. The van der Waals surface area contributed by atoms with Crippen LogP contribution in [0, 0.1) is 0 Å². The monoisotopic (exact) mass is 451 g/mol. The zero-order chi connectivity index (χ0) is 21.8. The van der Waals surface area contributed by atoms with Crippen molar-refractivity contribution in [1.82, 2.24) is 24.7 Å². The van der Waals surface area contributed by atoms with Crippen LogP contribution in [0.15, 0.2) is 65.5 Å². The lowest BCUT2D eigenvalue weighted by atomic mass is 10.0. The van der Waals surface area contributed by atoms with E-state index in [1.54, 1.807) is 6.26 Å². The number of hydrogen-bond acceptors (Lipinski definition) is 5. The van der Waals surface area contributed by atoms with Gasteiger partial charge in [0.05, 0.1) is 43.8 Å². The first kappa shape index (κ1) is 21.2. The molecule has 7 nitrogen and oxygen atoms in total. The number of aromatic nitrogens is 2. The minimum Gasteiger partial charge on any atom is -0.467 e. The zero-order valence-electron chi connectivity index (χ0n) is 18.1. The molecule has 2 aliphatic rings. The highest BCUT2D eigenvalue weighted by molar-refractivity contribution is 7.80. The summed E-state index contributed by atoms with van der Waals surface area (Å²) in [6.07, 6.45) is 6.73. The van der Waals surface area contributed by atoms with Gasteiger partial charge in [0, 0.05) is 44.3 Å². The van der Waals surface area contributed by atoms with Crippen molar-refractivity contribution < 1.29 is 9.15 Å². The first-order chi connectivity index (χ1) is 15.8. The number of thiocarbonyl (C=S) groups is 1. The van der Waals surface area contributed by atoms with Crippen LogP contribution in [0.5, 0.6) is 0 Å². The van der Waals surface area contributed by atoms with Gasteiger partial charge < -0.3 is 23.9 Å². The molecule has 3 aromatic rings. The summed E-state index contributed by atoms with van der Waals surface area (Å²) in [5.74, 6) is 0.934. The molecule has 2 aliphatic heterocycles. The van der Waals surface area contributed by atoms with Crippen molar-refractivity contribution in [1.29, 1.82) is 0 Å². The highest BCUT2D eigenvalue weighted by Crippen LogP contribution is 2.39. The van der Waals surface area contributed by atoms with Crippen molar-refractivity contribution >= 4 is 17.3 Å². The van der Waals surface area contributed by atoms with Gasteiger partial charge >= 0.3 is 0 Å². The maximum absolute atomic E-state index is 5.82. The number of morpholine rings is 1. The number of nitrogens with zero attached hydrogens (tertiary/aromatic N) is 4. The van der Waals surface area contributed by atoms with E-state index in [0.717, 1.165) is 62.4 Å². The molecule has 0 spiro atoms. The Bertz CT molecular complexity index is 1000. The summed E-state index contributed by atoms with van der Waals surface area (Å²) in [6, 6.07) is 14.3. The van der Waals surface area contributed by atoms with E-state index in [9.17, 15) is 0 Å². The maximum atomic E-state index is 5.82. The van der Waals surface area contributed by atoms with E-state index in [1.807, 2.05) is 30.5 Å². The van der Waals surface area contributed by atoms with E-state index in [0.29, 0.717) is 6.54 Å². The molecule has 5 heterocycles. The largest absolute Gasteiger partial charge is 0.467 e. The second-order valence-corrected chi connectivity index (χ2v) is 8.65. The predicted octanol–water partition coefficient (Wildman–Crippen LogP) is 3.22. The van der Waals surface area contributed by atoms with Crippen LogP contribution in [0.3, 0.4) is 0 Å². The number of pyridine rings is 1. The van der Waals surface area contributed by atoms with Gasteiger partial charge in [0.1, 0.15) is 5.76 Å². The quantitative estimate of drug-likeness (QED) is 0.528. The lowest BCUT2D eigenvalue weighted by Gasteiger charge is -2.31. The third-order valence-electron chi connectivity index (χ3n) is 6.25. The molecule has 2 fully saturated rings. The molecular formula is C24H29N5O2S. The molecular weight excluding hydrogens is 422 g/mol.